The van der Waals surface area contributed by atoms with Gasteiger partial charge in [0.15, 0.2) is 0 Å². The number of benzene rings is 1. The largest absolute Gasteiger partial charge is 2.00 e. The van der Waals surface area contributed by atoms with Crippen molar-refractivity contribution in [3.05, 3.63) is 35.9 Å². The molecular formula is C15H24CaO2. The summed E-state index contributed by atoms with van der Waals surface area (Å²) in [4.78, 5) is 11.6. The quantitative estimate of drug-likeness (QED) is 0.407. The van der Waals surface area contributed by atoms with E-state index in [2.05, 4.69) is 6.92 Å². The molecule has 0 N–H and O–H groups in total. The summed E-state index contributed by atoms with van der Waals surface area (Å²) in [5, 5.41) is 0. The van der Waals surface area contributed by atoms with Crippen LogP contribution in [0, 0.1) is 0 Å². The first-order valence-corrected chi connectivity index (χ1v) is 6.56. The van der Waals surface area contributed by atoms with E-state index in [1.807, 2.05) is 18.2 Å². The average molecular weight is 276 g/mol. The molecule has 2 nitrogen and oxygen atoms in total. The molecule has 0 aromatic heterocycles. The van der Waals surface area contributed by atoms with E-state index < -0.39 is 0 Å². The van der Waals surface area contributed by atoms with Gasteiger partial charge in [0.2, 0.25) is 0 Å². The smallest absolute Gasteiger partial charge is 1.00 e. The molecule has 0 amide bonds. The Labute approximate surface area is 143 Å². The van der Waals surface area contributed by atoms with Crippen LogP contribution in [0.4, 0.5) is 0 Å². The van der Waals surface area contributed by atoms with Gasteiger partial charge < -0.3 is 7.59 Å². The Hall–Kier alpha value is -0.0503. The van der Waals surface area contributed by atoms with Gasteiger partial charge >= 0.3 is 43.7 Å². The molecule has 0 radical (unpaired) electrons. The van der Waals surface area contributed by atoms with E-state index in [1.165, 1.54) is 25.7 Å². The molecule has 0 aliphatic heterocycles. The third-order valence-corrected chi connectivity index (χ3v) is 2.74. The first-order chi connectivity index (χ1) is 8.34. The van der Waals surface area contributed by atoms with Gasteiger partial charge in [-0.05, 0) is 18.6 Å². The van der Waals surface area contributed by atoms with Gasteiger partial charge in [-0.3, -0.25) is 0 Å². The molecule has 18 heavy (non-hydrogen) atoms. The van der Waals surface area contributed by atoms with E-state index in [-0.39, 0.29) is 46.6 Å². The maximum Gasteiger partial charge on any atom is 2.00 e. The molecule has 0 aliphatic rings. The number of carbonyl (C=O) groups excluding carboxylic acids is 1. The number of esters is 1. The van der Waals surface area contributed by atoms with Crippen molar-refractivity contribution in [2.75, 3.05) is 6.61 Å². The Morgan fingerprint density at radius 1 is 1.06 bits per heavy atom. The second-order valence-corrected chi connectivity index (χ2v) is 4.27. The molecule has 0 bridgehead atoms. The van der Waals surface area contributed by atoms with Crippen LogP contribution in [0.5, 0.6) is 0 Å². The number of carbonyl (C=O) groups is 1. The minimum Gasteiger partial charge on any atom is -1.00 e. The molecule has 0 unspecified atom stereocenters. The summed E-state index contributed by atoms with van der Waals surface area (Å²) in [6.45, 7) is 2.75. The van der Waals surface area contributed by atoms with Gasteiger partial charge in [0, 0.05) is 0 Å². The van der Waals surface area contributed by atoms with Gasteiger partial charge in [0.1, 0.15) is 0 Å². The predicted molar refractivity (Wildman–Crippen MR) is 78.1 cm³/mol. The zero-order valence-corrected chi connectivity index (χ0v) is 13.6. The standard InChI is InChI=1S/C15H22O2.Ca.2H/c1-2-3-4-5-6-10-13-17-15(16)14-11-8-7-9-12-14;;;/h7-9,11-12H,2-6,10,13H2,1H3;;;/q;+2;2*-1. The number of ether oxygens (including phenoxy) is 1. The Balaban J connectivity index is -0.000000963. The normalized spacial score (nSPS) is 9.61. The van der Waals surface area contributed by atoms with E-state index in [0.29, 0.717) is 12.2 Å². The van der Waals surface area contributed by atoms with Crippen molar-refractivity contribution in [2.45, 2.75) is 45.4 Å². The first-order valence-electron chi connectivity index (χ1n) is 6.56. The molecule has 0 aliphatic carbocycles. The minimum absolute atomic E-state index is 0. The van der Waals surface area contributed by atoms with Crippen molar-refractivity contribution in [3.8, 4) is 0 Å². The second kappa shape index (κ2) is 12.0. The third-order valence-electron chi connectivity index (χ3n) is 2.74. The van der Waals surface area contributed by atoms with Gasteiger partial charge in [-0.25, -0.2) is 4.79 Å². The van der Waals surface area contributed by atoms with Gasteiger partial charge in [-0.15, -0.1) is 0 Å². The molecule has 1 aromatic carbocycles. The van der Waals surface area contributed by atoms with Crippen LogP contribution in [-0.4, -0.2) is 50.3 Å². The Morgan fingerprint density at radius 3 is 2.33 bits per heavy atom. The fourth-order valence-corrected chi connectivity index (χ4v) is 1.70. The van der Waals surface area contributed by atoms with Crippen LogP contribution in [0.15, 0.2) is 30.3 Å². The zero-order chi connectivity index (χ0) is 12.3. The van der Waals surface area contributed by atoms with Crippen molar-refractivity contribution < 1.29 is 12.4 Å². The van der Waals surface area contributed by atoms with Crippen molar-refractivity contribution in [3.63, 3.8) is 0 Å². The van der Waals surface area contributed by atoms with Crippen LogP contribution in [0.25, 0.3) is 0 Å². The Kier molecular flexibility index (Phi) is 12.0. The van der Waals surface area contributed by atoms with Crippen molar-refractivity contribution in [1.82, 2.24) is 0 Å². The molecule has 1 rings (SSSR count). The Morgan fingerprint density at radius 2 is 1.67 bits per heavy atom. The molecule has 98 valence electrons. The van der Waals surface area contributed by atoms with Crippen LogP contribution in [0.1, 0.15) is 58.7 Å². The number of hydrogen-bond acceptors (Lipinski definition) is 2. The summed E-state index contributed by atoms with van der Waals surface area (Å²) < 4.78 is 5.20. The van der Waals surface area contributed by atoms with Crippen LogP contribution in [0.3, 0.4) is 0 Å². The molecule has 1 aromatic rings. The summed E-state index contributed by atoms with van der Waals surface area (Å²) in [6, 6.07) is 9.15. The van der Waals surface area contributed by atoms with Crippen molar-refractivity contribution >= 4 is 43.7 Å². The van der Waals surface area contributed by atoms with Crippen LogP contribution >= 0.6 is 0 Å². The summed E-state index contributed by atoms with van der Waals surface area (Å²) in [5.41, 5.74) is 0.637. The molecule has 0 saturated carbocycles. The van der Waals surface area contributed by atoms with Gasteiger partial charge in [-0.1, -0.05) is 57.2 Å². The number of hydrogen-bond donors (Lipinski definition) is 0. The summed E-state index contributed by atoms with van der Waals surface area (Å²) >= 11 is 0. The monoisotopic (exact) mass is 276 g/mol. The molecule has 0 atom stereocenters. The van der Waals surface area contributed by atoms with E-state index >= 15 is 0 Å². The zero-order valence-electron chi connectivity index (χ0n) is 13.4. The molecule has 0 saturated heterocycles. The third kappa shape index (κ3) is 8.12. The van der Waals surface area contributed by atoms with E-state index in [9.17, 15) is 4.79 Å². The van der Waals surface area contributed by atoms with Gasteiger partial charge in [0.25, 0.3) is 0 Å². The number of unbranched alkanes of at least 4 members (excludes halogenated alkanes) is 5. The van der Waals surface area contributed by atoms with Gasteiger partial charge in [-0.2, -0.15) is 0 Å². The SMILES string of the molecule is CCCCCCCCOC(=O)c1ccccc1.[Ca+2].[H-].[H-]. The summed E-state index contributed by atoms with van der Waals surface area (Å²) in [7, 11) is 0. The number of rotatable bonds is 8. The molecule has 0 heterocycles. The Bertz CT molecular complexity index is 321. The molecule has 0 spiro atoms. The van der Waals surface area contributed by atoms with Crippen LogP contribution in [0.2, 0.25) is 0 Å². The second-order valence-electron chi connectivity index (χ2n) is 4.27. The fraction of sp³-hybridized carbons (Fsp3) is 0.533. The van der Waals surface area contributed by atoms with E-state index in [0.717, 1.165) is 12.8 Å². The van der Waals surface area contributed by atoms with E-state index in [4.69, 9.17) is 4.74 Å². The maximum atomic E-state index is 11.6. The molecule has 0 fully saturated rings. The van der Waals surface area contributed by atoms with Gasteiger partial charge in [0.05, 0.1) is 12.2 Å². The average Bonchev–Trinajstić information content (AvgIpc) is 2.38. The van der Waals surface area contributed by atoms with E-state index in [1.54, 1.807) is 12.1 Å². The first kappa shape index (κ1) is 17.9. The van der Waals surface area contributed by atoms with Crippen molar-refractivity contribution in [2.24, 2.45) is 0 Å². The topological polar surface area (TPSA) is 26.3 Å². The fourth-order valence-electron chi connectivity index (χ4n) is 1.70. The molecule has 3 heteroatoms. The van der Waals surface area contributed by atoms with Crippen LogP contribution in [-0.2, 0) is 4.74 Å². The summed E-state index contributed by atoms with van der Waals surface area (Å²) in [5.74, 6) is -0.209. The minimum atomic E-state index is -0.209. The maximum absolute atomic E-state index is 11.6. The molecular weight excluding hydrogens is 252 g/mol. The van der Waals surface area contributed by atoms with Crippen molar-refractivity contribution in [1.29, 1.82) is 0 Å². The summed E-state index contributed by atoms with van der Waals surface area (Å²) in [6.07, 6.45) is 7.25. The predicted octanol–water partition coefficient (Wildman–Crippen LogP) is 4.05. The van der Waals surface area contributed by atoms with Crippen LogP contribution < -0.4 is 0 Å².